The number of rotatable bonds is 3. The molecule has 2 N–H and O–H groups in total. The van der Waals surface area contributed by atoms with E-state index in [1.807, 2.05) is 5.92 Å². The molecule has 1 aliphatic rings. The van der Waals surface area contributed by atoms with Crippen LogP contribution in [-0.4, -0.2) is 25.0 Å². The Hall–Kier alpha value is -1.01. The van der Waals surface area contributed by atoms with E-state index in [1.54, 1.807) is 0 Å². The third-order valence-corrected chi connectivity index (χ3v) is 2.07. The second-order valence-electron chi connectivity index (χ2n) is 2.98. The van der Waals surface area contributed by atoms with Gasteiger partial charge in [-0.05, 0) is 31.7 Å². The fourth-order valence-corrected chi connectivity index (χ4v) is 1.41. The third kappa shape index (κ3) is 2.93. The highest BCUT2D eigenvalue weighted by molar-refractivity contribution is 5.92. The summed E-state index contributed by atoms with van der Waals surface area (Å²) < 4.78 is 0. The van der Waals surface area contributed by atoms with Gasteiger partial charge in [0.2, 0.25) is 0 Å². The van der Waals surface area contributed by atoms with Gasteiger partial charge in [0.1, 0.15) is 0 Å². The standard InChI is InChI=1S/C9H14N2O/c1-2-9(12)11-7-5-8-4-3-6-10-8/h1,8,10H,3-7H2,(H,11,12)/t8-/m1/s1. The summed E-state index contributed by atoms with van der Waals surface area (Å²) in [5, 5.41) is 5.99. The molecule has 0 aromatic carbocycles. The Labute approximate surface area is 72.9 Å². The Morgan fingerprint density at radius 1 is 1.75 bits per heavy atom. The monoisotopic (exact) mass is 166 g/mol. The lowest BCUT2D eigenvalue weighted by Gasteiger charge is -2.08. The van der Waals surface area contributed by atoms with Crippen LogP contribution in [0.1, 0.15) is 19.3 Å². The molecule has 0 unspecified atom stereocenters. The van der Waals surface area contributed by atoms with Gasteiger partial charge in [0.15, 0.2) is 0 Å². The van der Waals surface area contributed by atoms with Gasteiger partial charge in [-0.2, -0.15) is 0 Å². The number of amides is 1. The Bertz CT molecular complexity index is 189. The van der Waals surface area contributed by atoms with Crippen LogP contribution in [0.15, 0.2) is 0 Å². The van der Waals surface area contributed by atoms with Gasteiger partial charge in [-0.15, -0.1) is 6.42 Å². The molecule has 0 aromatic heterocycles. The number of terminal acetylenes is 1. The quantitative estimate of drug-likeness (QED) is 0.574. The minimum atomic E-state index is -0.312. The molecular formula is C9H14N2O. The van der Waals surface area contributed by atoms with Crippen LogP contribution < -0.4 is 10.6 Å². The predicted octanol–water partition coefficient (Wildman–Crippen LogP) is -0.122. The number of carbonyl (C=O) groups is 1. The van der Waals surface area contributed by atoms with Gasteiger partial charge in [0.25, 0.3) is 5.91 Å². The summed E-state index contributed by atoms with van der Waals surface area (Å²) in [6, 6.07) is 0.572. The van der Waals surface area contributed by atoms with Gasteiger partial charge in [-0.25, -0.2) is 0 Å². The molecule has 1 fully saturated rings. The fourth-order valence-electron chi connectivity index (χ4n) is 1.41. The molecule has 1 amide bonds. The van der Waals surface area contributed by atoms with E-state index in [0.29, 0.717) is 12.6 Å². The van der Waals surface area contributed by atoms with E-state index in [1.165, 1.54) is 12.8 Å². The first kappa shape index (κ1) is 9.08. The molecular weight excluding hydrogens is 152 g/mol. The van der Waals surface area contributed by atoms with Crippen LogP contribution in [0.5, 0.6) is 0 Å². The largest absolute Gasteiger partial charge is 0.345 e. The number of hydrogen-bond donors (Lipinski definition) is 2. The van der Waals surface area contributed by atoms with E-state index in [0.717, 1.165) is 13.0 Å². The van der Waals surface area contributed by atoms with Crippen LogP contribution in [0.2, 0.25) is 0 Å². The molecule has 1 saturated heterocycles. The number of nitrogens with one attached hydrogen (secondary N) is 2. The average molecular weight is 166 g/mol. The molecule has 1 heterocycles. The minimum absolute atomic E-state index is 0.312. The van der Waals surface area contributed by atoms with Crippen molar-refractivity contribution in [2.24, 2.45) is 0 Å². The Morgan fingerprint density at radius 2 is 2.58 bits per heavy atom. The predicted molar refractivity (Wildman–Crippen MR) is 47.5 cm³/mol. The van der Waals surface area contributed by atoms with Gasteiger partial charge in [0.05, 0.1) is 0 Å². The molecule has 3 heteroatoms. The second kappa shape index (κ2) is 4.78. The highest BCUT2D eigenvalue weighted by Gasteiger charge is 2.12. The molecule has 0 saturated carbocycles. The zero-order chi connectivity index (χ0) is 8.81. The molecule has 3 nitrogen and oxygen atoms in total. The first-order valence-electron chi connectivity index (χ1n) is 4.31. The lowest BCUT2D eigenvalue weighted by Crippen LogP contribution is -2.29. The van der Waals surface area contributed by atoms with E-state index in [-0.39, 0.29) is 5.91 Å². The van der Waals surface area contributed by atoms with Crippen molar-refractivity contribution < 1.29 is 4.79 Å². The lowest BCUT2D eigenvalue weighted by molar-refractivity contribution is -0.115. The summed E-state index contributed by atoms with van der Waals surface area (Å²) in [4.78, 5) is 10.6. The van der Waals surface area contributed by atoms with Crippen LogP contribution in [0.25, 0.3) is 0 Å². The van der Waals surface area contributed by atoms with Crippen molar-refractivity contribution >= 4 is 5.91 Å². The summed E-state index contributed by atoms with van der Waals surface area (Å²) in [6.07, 6.45) is 8.33. The second-order valence-corrected chi connectivity index (χ2v) is 2.98. The van der Waals surface area contributed by atoms with Crippen molar-refractivity contribution in [1.29, 1.82) is 0 Å². The maximum Gasteiger partial charge on any atom is 0.295 e. The highest BCUT2D eigenvalue weighted by atomic mass is 16.1. The molecule has 0 bridgehead atoms. The van der Waals surface area contributed by atoms with E-state index >= 15 is 0 Å². The smallest absolute Gasteiger partial charge is 0.295 e. The molecule has 1 rings (SSSR count). The lowest BCUT2D eigenvalue weighted by atomic mass is 10.1. The van der Waals surface area contributed by atoms with Gasteiger partial charge in [-0.3, -0.25) is 4.79 Å². The molecule has 0 aliphatic carbocycles. The van der Waals surface area contributed by atoms with Gasteiger partial charge >= 0.3 is 0 Å². The zero-order valence-electron chi connectivity index (χ0n) is 7.10. The molecule has 1 aliphatic heterocycles. The highest BCUT2D eigenvalue weighted by Crippen LogP contribution is 2.07. The van der Waals surface area contributed by atoms with Crippen LogP contribution in [0, 0.1) is 12.3 Å². The van der Waals surface area contributed by atoms with E-state index in [4.69, 9.17) is 6.42 Å². The number of hydrogen-bond acceptors (Lipinski definition) is 2. The van der Waals surface area contributed by atoms with Gasteiger partial charge < -0.3 is 10.6 Å². The van der Waals surface area contributed by atoms with Crippen molar-refractivity contribution in [1.82, 2.24) is 10.6 Å². The molecule has 12 heavy (non-hydrogen) atoms. The average Bonchev–Trinajstić information content (AvgIpc) is 2.57. The summed E-state index contributed by atoms with van der Waals surface area (Å²) in [5.74, 6) is 1.71. The van der Waals surface area contributed by atoms with Crippen molar-refractivity contribution in [2.45, 2.75) is 25.3 Å². The SMILES string of the molecule is C#CC(=O)NCC[C@H]1CCCN1. The topological polar surface area (TPSA) is 41.1 Å². The molecule has 0 spiro atoms. The minimum Gasteiger partial charge on any atom is -0.345 e. The molecule has 0 aromatic rings. The van der Waals surface area contributed by atoms with Crippen molar-refractivity contribution in [2.75, 3.05) is 13.1 Å². The Kier molecular flexibility index (Phi) is 3.62. The maximum absolute atomic E-state index is 10.6. The first-order valence-corrected chi connectivity index (χ1v) is 4.31. The third-order valence-electron chi connectivity index (χ3n) is 2.07. The maximum atomic E-state index is 10.6. The van der Waals surface area contributed by atoms with E-state index in [2.05, 4.69) is 10.6 Å². The van der Waals surface area contributed by atoms with E-state index < -0.39 is 0 Å². The van der Waals surface area contributed by atoms with Gasteiger partial charge in [0, 0.05) is 12.6 Å². The summed E-state index contributed by atoms with van der Waals surface area (Å²) in [6.45, 7) is 1.79. The molecule has 66 valence electrons. The van der Waals surface area contributed by atoms with Gasteiger partial charge in [-0.1, -0.05) is 0 Å². The van der Waals surface area contributed by atoms with Crippen LogP contribution in [0.3, 0.4) is 0 Å². The normalized spacial score (nSPS) is 21.8. The summed E-state index contributed by atoms with van der Waals surface area (Å²) in [7, 11) is 0. The summed E-state index contributed by atoms with van der Waals surface area (Å²) in [5.41, 5.74) is 0. The van der Waals surface area contributed by atoms with Crippen molar-refractivity contribution in [3.8, 4) is 12.3 Å². The number of carbonyl (C=O) groups excluding carboxylic acids is 1. The zero-order valence-corrected chi connectivity index (χ0v) is 7.10. The van der Waals surface area contributed by atoms with Crippen LogP contribution in [0.4, 0.5) is 0 Å². The fraction of sp³-hybridized carbons (Fsp3) is 0.667. The van der Waals surface area contributed by atoms with Crippen LogP contribution >= 0.6 is 0 Å². The first-order chi connectivity index (χ1) is 5.83. The van der Waals surface area contributed by atoms with Crippen molar-refractivity contribution in [3.63, 3.8) is 0 Å². The summed E-state index contributed by atoms with van der Waals surface area (Å²) >= 11 is 0. The molecule has 0 radical (unpaired) electrons. The molecule has 1 atom stereocenters. The van der Waals surface area contributed by atoms with Crippen LogP contribution in [-0.2, 0) is 4.79 Å². The Balaban J connectivity index is 2.02. The van der Waals surface area contributed by atoms with Crippen molar-refractivity contribution in [3.05, 3.63) is 0 Å². The van der Waals surface area contributed by atoms with E-state index in [9.17, 15) is 4.79 Å². The Morgan fingerprint density at radius 3 is 3.17 bits per heavy atom.